The number of rotatable bonds is 16. The molecule has 2 amide bonds. The lowest BCUT2D eigenvalue weighted by Crippen LogP contribution is -2.68. The molecule has 3 aliphatic heterocycles. The van der Waals surface area contributed by atoms with Crippen molar-refractivity contribution in [3.8, 4) is 0 Å². The smallest absolute Gasteiger partial charge is 0.338 e. The van der Waals surface area contributed by atoms with Gasteiger partial charge in [-0.15, -0.1) is 0 Å². The SMILES string of the molecule is CC(=O)OC[C@H]1O[C@@H](OC[C@H]2O[C@@H](Sc3ccccc3)[C@H](OC(=O)c3ccccc3)[C@@H](OC(=O)c3ccccc3)[C@H]2OC(=O)c2ccccc2)[C@H](N2C(=O)c3ccccc3C2=O)[C@@H](OC(C)=O)[C@@H]1OC(C)=O. The lowest BCUT2D eigenvalue weighted by Gasteiger charge is -2.48. The topological polar surface area (TPSA) is 223 Å². The zero-order valence-corrected chi connectivity index (χ0v) is 39.7. The first-order chi connectivity index (χ1) is 34.8. The summed E-state index contributed by atoms with van der Waals surface area (Å²) in [5.74, 6) is -6.87. The lowest BCUT2D eigenvalue weighted by molar-refractivity contribution is -0.297. The first-order valence-electron chi connectivity index (χ1n) is 22.6. The van der Waals surface area contributed by atoms with Gasteiger partial charge in [0, 0.05) is 25.7 Å². The molecular weight excluding hydrogens is 955 g/mol. The largest absolute Gasteiger partial charge is 0.463 e. The predicted molar refractivity (Wildman–Crippen MR) is 251 cm³/mol. The molecule has 2 saturated heterocycles. The molecule has 0 aromatic heterocycles. The van der Waals surface area contributed by atoms with E-state index in [1.165, 1.54) is 48.5 Å². The lowest BCUT2D eigenvalue weighted by atomic mass is 9.94. The standard InChI is InChI=1S/C53H47NO17S/c1-30(55)63-28-39-42(65-31(2)56)44(66-32(3)57)41(54-47(58)37-26-16-17-27-38(37)48(54)59)52(67-39)64-29-40-43(69-49(60)33-18-8-4-9-19-33)45(70-50(61)34-20-10-5-11-21-34)46(71-51(62)35-22-12-6-13-23-35)53(68-40)72-36-24-14-7-15-25-36/h4-27,39-46,52-53H,28-29H2,1-3H3/t39-,40-,41-,42-,43+,44-,45+,46-,52-,53+/m1/s1. The minimum Gasteiger partial charge on any atom is -0.463 e. The third kappa shape index (κ3) is 11.7. The number of esters is 6. The molecule has 0 aliphatic carbocycles. The summed E-state index contributed by atoms with van der Waals surface area (Å²) in [4.78, 5) is 110. The summed E-state index contributed by atoms with van der Waals surface area (Å²) in [5, 5.41) is 0. The van der Waals surface area contributed by atoms with E-state index in [2.05, 4.69) is 0 Å². The van der Waals surface area contributed by atoms with Gasteiger partial charge < -0.3 is 42.6 Å². The highest BCUT2D eigenvalue weighted by Crippen LogP contribution is 2.40. The zero-order valence-electron chi connectivity index (χ0n) is 38.8. The molecule has 2 fully saturated rings. The molecule has 0 N–H and O–H groups in total. The fraction of sp³-hybridized carbons (Fsp3) is 0.283. The number of benzene rings is 5. The Morgan fingerprint density at radius 3 is 1.38 bits per heavy atom. The number of nitrogens with zero attached hydrogens (tertiary/aromatic N) is 1. The van der Waals surface area contributed by atoms with Gasteiger partial charge in [0.1, 0.15) is 30.3 Å². The number of amides is 2. The van der Waals surface area contributed by atoms with E-state index in [0.717, 1.165) is 37.4 Å². The Kier molecular flexibility index (Phi) is 16.2. The van der Waals surface area contributed by atoms with Crippen LogP contribution >= 0.6 is 11.8 Å². The van der Waals surface area contributed by atoms with Gasteiger partial charge in [0.05, 0.1) is 34.4 Å². The van der Waals surface area contributed by atoms with Crippen molar-refractivity contribution in [1.29, 1.82) is 0 Å². The Bertz CT molecular complexity index is 2750. The number of fused-ring (bicyclic) bond motifs is 1. The summed E-state index contributed by atoms with van der Waals surface area (Å²) in [7, 11) is 0. The summed E-state index contributed by atoms with van der Waals surface area (Å²) in [6.07, 6.45) is -12.9. The van der Waals surface area contributed by atoms with Crippen LogP contribution in [-0.2, 0) is 57.0 Å². The summed E-state index contributed by atoms with van der Waals surface area (Å²) in [5.41, 5.74) is -0.938. The summed E-state index contributed by atoms with van der Waals surface area (Å²) in [6, 6.07) is 36.9. The maximum Gasteiger partial charge on any atom is 0.338 e. The van der Waals surface area contributed by atoms with Gasteiger partial charge in [0.25, 0.3) is 11.8 Å². The van der Waals surface area contributed by atoms with Gasteiger partial charge in [-0.2, -0.15) is 0 Å². The van der Waals surface area contributed by atoms with Gasteiger partial charge in [0.2, 0.25) is 0 Å². The summed E-state index contributed by atoms with van der Waals surface area (Å²) < 4.78 is 55.3. The first kappa shape index (κ1) is 50.7. The molecule has 18 nitrogen and oxygen atoms in total. The molecule has 3 heterocycles. The molecule has 19 heteroatoms. The van der Waals surface area contributed by atoms with Gasteiger partial charge in [-0.3, -0.25) is 28.9 Å². The van der Waals surface area contributed by atoms with Crippen molar-refractivity contribution in [2.24, 2.45) is 0 Å². The van der Waals surface area contributed by atoms with E-state index in [0.29, 0.717) is 4.90 Å². The molecule has 72 heavy (non-hydrogen) atoms. The van der Waals surface area contributed by atoms with E-state index in [1.54, 1.807) is 97.1 Å². The van der Waals surface area contributed by atoms with Crippen LogP contribution < -0.4 is 0 Å². The Morgan fingerprint density at radius 2 is 0.889 bits per heavy atom. The number of thioether (sulfide) groups is 1. The van der Waals surface area contributed by atoms with Crippen molar-refractivity contribution < 1.29 is 81.0 Å². The fourth-order valence-electron chi connectivity index (χ4n) is 8.40. The number of carbonyl (C=O) groups is 8. The summed E-state index contributed by atoms with van der Waals surface area (Å²) >= 11 is 1.09. The molecule has 0 spiro atoms. The second-order valence-electron chi connectivity index (χ2n) is 16.5. The Morgan fingerprint density at radius 1 is 0.472 bits per heavy atom. The van der Waals surface area contributed by atoms with Crippen LogP contribution in [-0.4, -0.2) is 126 Å². The van der Waals surface area contributed by atoms with E-state index in [-0.39, 0.29) is 27.8 Å². The van der Waals surface area contributed by atoms with Gasteiger partial charge in [-0.1, -0.05) is 96.7 Å². The number of hydrogen-bond acceptors (Lipinski definition) is 18. The van der Waals surface area contributed by atoms with Crippen LogP contribution in [0.2, 0.25) is 0 Å². The van der Waals surface area contributed by atoms with Crippen molar-refractivity contribution in [2.75, 3.05) is 13.2 Å². The van der Waals surface area contributed by atoms with Gasteiger partial charge in [-0.05, 0) is 60.7 Å². The molecule has 0 bridgehead atoms. The molecule has 5 aromatic rings. The second kappa shape index (κ2) is 23.0. The van der Waals surface area contributed by atoms with Crippen LogP contribution in [0.15, 0.2) is 150 Å². The third-order valence-corrected chi connectivity index (χ3v) is 12.7. The molecule has 0 unspecified atom stereocenters. The van der Waals surface area contributed by atoms with Crippen LogP contribution in [0.25, 0.3) is 0 Å². The Labute approximate surface area is 416 Å². The number of carbonyl (C=O) groups excluding carboxylic acids is 8. The summed E-state index contributed by atoms with van der Waals surface area (Å²) in [6.45, 7) is 1.96. The second-order valence-corrected chi connectivity index (χ2v) is 17.7. The van der Waals surface area contributed by atoms with E-state index >= 15 is 0 Å². The first-order valence-corrected chi connectivity index (χ1v) is 23.5. The van der Waals surface area contributed by atoms with Crippen molar-refractivity contribution in [3.05, 3.63) is 173 Å². The number of ether oxygens (including phenoxy) is 9. The Hall–Kier alpha value is -7.71. The van der Waals surface area contributed by atoms with Gasteiger partial charge in [0.15, 0.2) is 36.8 Å². The normalized spacial score (nSPS) is 24.5. The van der Waals surface area contributed by atoms with Crippen LogP contribution in [0.3, 0.4) is 0 Å². The van der Waals surface area contributed by atoms with E-state index in [4.69, 9.17) is 42.6 Å². The minimum absolute atomic E-state index is 0.00246. The molecule has 3 aliphatic rings. The van der Waals surface area contributed by atoms with E-state index < -0.39 is 121 Å². The number of imide groups is 1. The fourth-order valence-corrected chi connectivity index (χ4v) is 9.53. The van der Waals surface area contributed by atoms with Crippen molar-refractivity contribution in [2.45, 2.75) is 86.2 Å². The molecule has 8 rings (SSSR count). The number of hydrogen-bond donors (Lipinski definition) is 0. The van der Waals surface area contributed by atoms with Crippen LogP contribution in [0, 0.1) is 0 Å². The molecule has 0 saturated carbocycles. The molecule has 5 aromatic carbocycles. The maximum absolute atomic E-state index is 14.3. The monoisotopic (exact) mass is 1000 g/mol. The van der Waals surface area contributed by atoms with Gasteiger partial charge in [-0.25, -0.2) is 14.4 Å². The maximum atomic E-state index is 14.3. The van der Waals surface area contributed by atoms with Crippen LogP contribution in [0.4, 0.5) is 0 Å². The highest BCUT2D eigenvalue weighted by molar-refractivity contribution is 7.99. The molecule has 0 radical (unpaired) electrons. The highest BCUT2D eigenvalue weighted by Gasteiger charge is 2.59. The Balaban J connectivity index is 1.24. The van der Waals surface area contributed by atoms with Crippen molar-refractivity contribution in [3.63, 3.8) is 0 Å². The quantitative estimate of drug-likeness (QED) is 0.0627. The predicted octanol–water partition coefficient (Wildman–Crippen LogP) is 6.01. The average Bonchev–Trinajstić information content (AvgIpc) is 3.63. The van der Waals surface area contributed by atoms with Crippen LogP contribution in [0.1, 0.15) is 72.6 Å². The molecule has 372 valence electrons. The van der Waals surface area contributed by atoms with Crippen molar-refractivity contribution in [1.82, 2.24) is 4.90 Å². The minimum atomic E-state index is -1.82. The van der Waals surface area contributed by atoms with E-state index in [9.17, 15) is 38.4 Å². The van der Waals surface area contributed by atoms with Crippen molar-refractivity contribution >= 4 is 59.4 Å². The molecule has 10 atom stereocenters. The van der Waals surface area contributed by atoms with Crippen LogP contribution in [0.5, 0.6) is 0 Å². The molecular formula is C53H47NO17S. The third-order valence-electron chi connectivity index (χ3n) is 11.6. The average molecular weight is 1000 g/mol. The highest BCUT2D eigenvalue weighted by atomic mass is 32.2. The zero-order chi connectivity index (χ0) is 50.9. The van der Waals surface area contributed by atoms with E-state index in [1.807, 2.05) is 0 Å². The van der Waals surface area contributed by atoms with Gasteiger partial charge >= 0.3 is 35.8 Å².